The van der Waals surface area contributed by atoms with E-state index in [1.807, 2.05) is 64.4 Å². The number of amides is 1. The first kappa shape index (κ1) is 14.9. The van der Waals surface area contributed by atoms with Gasteiger partial charge in [-0.25, -0.2) is 4.98 Å². The van der Waals surface area contributed by atoms with E-state index in [-0.39, 0.29) is 5.91 Å². The van der Waals surface area contributed by atoms with E-state index >= 15 is 0 Å². The molecule has 0 unspecified atom stereocenters. The highest BCUT2D eigenvalue weighted by Crippen LogP contribution is 2.21. The van der Waals surface area contributed by atoms with Gasteiger partial charge in [-0.1, -0.05) is 24.3 Å². The largest absolute Gasteiger partial charge is 0.337 e. The van der Waals surface area contributed by atoms with E-state index < -0.39 is 0 Å². The summed E-state index contributed by atoms with van der Waals surface area (Å²) < 4.78 is 1.98. The van der Waals surface area contributed by atoms with Gasteiger partial charge in [-0.15, -0.1) is 0 Å². The van der Waals surface area contributed by atoms with Gasteiger partial charge in [0.25, 0.3) is 5.91 Å². The number of carbonyl (C=O) groups is 1. The first-order chi connectivity index (χ1) is 11.8. The van der Waals surface area contributed by atoms with E-state index in [2.05, 4.69) is 10.1 Å². The normalized spacial score (nSPS) is 15.8. The molecule has 1 aromatic carbocycles. The van der Waals surface area contributed by atoms with E-state index in [9.17, 15) is 4.79 Å². The highest BCUT2D eigenvalue weighted by atomic mass is 16.2. The number of aromatic nitrogens is 3. The second-order valence-corrected chi connectivity index (χ2v) is 6.35. The van der Waals surface area contributed by atoms with Crippen molar-refractivity contribution in [1.29, 1.82) is 0 Å². The molecule has 0 radical (unpaired) electrons. The van der Waals surface area contributed by atoms with E-state index in [4.69, 9.17) is 0 Å². The lowest BCUT2D eigenvalue weighted by molar-refractivity contribution is 0.0675. The Morgan fingerprint density at radius 2 is 1.92 bits per heavy atom. The lowest BCUT2D eigenvalue weighted by Gasteiger charge is -2.31. The van der Waals surface area contributed by atoms with Crippen LogP contribution in [-0.2, 0) is 6.54 Å². The number of piperidine rings is 1. The minimum Gasteiger partial charge on any atom is -0.337 e. The monoisotopic (exact) mass is 320 g/mol. The van der Waals surface area contributed by atoms with Crippen molar-refractivity contribution in [2.45, 2.75) is 19.4 Å². The van der Waals surface area contributed by atoms with Crippen molar-refractivity contribution < 1.29 is 4.79 Å². The van der Waals surface area contributed by atoms with Crippen molar-refractivity contribution >= 4 is 16.8 Å². The minimum absolute atomic E-state index is 0.0401. The molecule has 1 fully saturated rings. The molecule has 1 aliphatic rings. The van der Waals surface area contributed by atoms with Gasteiger partial charge in [-0.3, -0.25) is 9.48 Å². The summed E-state index contributed by atoms with van der Waals surface area (Å²) in [5.41, 5.74) is 1.41. The molecule has 4 rings (SSSR count). The second kappa shape index (κ2) is 6.43. The maximum absolute atomic E-state index is 12.7. The number of carbonyl (C=O) groups excluding carboxylic acids is 1. The van der Waals surface area contributed by atoms with E-state index in [0.29, 0.717) is 11.6 Å². The molecule has 122 valence electrons. The zero-order valence-electron chi connectivity index (χ0n) is 13.5. The number of fused-ring (bicyclic) bond motifs is 1. The van der Waals surface area contributed by atoms with Crippen molar-refractivity contribution in [3.05, 3.63) is 60.6 Å². The summed E-state index contributed by atoms with van der Waals surface area (Å²) in [6.45, 7) is 2.52. The van der Waals surface area contributed by atoms with Gasteiger partial charge in [-0.05, 0) is 37.0 Å². The standard InChI is InChI=1S/C19H20N4O/c24-19(18-7-6-16-4-1-2-5-17(16)21-18)22-12-8-15(9-13-22)14-23-11-3-10-20-23/h1-7,10-11,15H,8-9,12-14H2. The molecule has 3 aromatic rings. The highest BCUT2D eigenvalue weighted by molar-refractivity contribution is 5.94. The third-order valence-corrected chi connectivity index (χ3v) is 4.72. The van der Waals surface area contributed by atoms with E-state index in [0.717, 1.165) is 43.4 Å². The number of rotatable bonds is 3. The molecule has 5 heteroatoms. The fourth-order valence-corrected chi connectivity index (χ4v) is 3.34. The summed E-state index contributed by atoms with van der Waals surface area (Å²) in [6.07, 6.45) is 5.83. The lowest BCUT2D eigenvalue weighted by atomic mass is 9.96. The summed E-state index contributed by atoms with van der Waals surface area (Å²) in [5, 5.41) is 5.33. The Labute approximate surface area is 140 Å². The van der Waals surface area contributed by atoms with Gasteiger partial charge in [0.2, 0.25) is 0 Å². The first-order valence-corrected chi connectivity index (χ1v) is 8.42. The Balaban J connectivity index is 1.41. The Hall–Kier alpha value is -2.69. The van der Waals surface area contributed by atoms with Gasteiger partial charge in [0, 0.05) is 37.4 Å². The average Bonchev–Trinajstić information content (AvgIpc) is 3.14. The molecule has 1 amide bonds. The SMILES string of the molecule is O=C(c1ccc2ccccc2n1)N1CCC(Cn2cccn2)CC1. The van der Waals surface area contributed by atoms with Crippen LogP contribution in [0.2, 0.25) is 0 Å². The van der Waals surface area contributed by atoms with Crippen molar-refractivity contribution in [3.63, 3.8) is 0 Å². The Bertz CT molecular complexity index is 835. The van der Waals surface area contributed by atoms with Gasteiger partial charge >= 0.3 is 0 Å². The summed E-state index contributed by atoms with van der Waals surface area (Å²) in [6, 6.07) is 13.6. The number of likely N-dealkylation sites (tertiary alicyclic amines) is 1. The first-order valence-electron chi connectivity index (χ1n) is 8.42. The Kier molecular flexibility index (Phi) is 3.99. The van der Waals surface area contributed by atoms with Crippen LogP contribution < -0.4 is 0 Å². The molecule has 0 bridgehead atoms. The smallest absolute Gasteiger partial charge is 0.272 e. The average molecular weight is 320 g/mol. The fraction of sp³-hybridized carbons (Fsp3) is 0.316. The second-order valence-electron chi connectivity index (χ2n) is 6.35. The van der Waals surface area contributed by atoms with Gasteiger partial charge in [0.15, 0.2) is 0 Å². The molecule has 5 nitrogen and oxygen atoms in total. The number of para-hydroxylation sites is 1. The molecular formula is C19H20N4O. The fourth-order valence-electron chi connectivity index (χ4n) is 3.34. The molecule has 3 heterocycles. The Morgan fingerprint density at radius 1 is 1.08 bits per heavy atom. The number of hydrogen-bond acceptors (Lipinski definition) is 3. The van der Waals surface area contributed by atoms with Gasteiger partial charge in [-0.2, -0.15) is 5.10 Å². The number of nitrogens with zero attached hydrogens (tertiary/aromatic N) is 4. The molecule has 0 saturated carbocycles. The predicted octanol–water partition coefficient (Wildman–Crippen LogP) is 2.98. The Morgan fingerprint density at radius 3 is 2.71 bits per heavy atom. The third kappa shape index (κ3) is 3.02. The third-order valence-electron chi connectivity index (χ3n) is 4.72. The van der Waals surface area contributed by atoms with Gasteiger partial charge in [0.1, 0.15) is 5.69 Å². The number of hydrogen-bond donors (Lipinski definition) is 0. The zero-order chi connectivity index (χ0) is 16.4. The molecule has 0 N–H and O–H groups in total. The minimum atomic E-state index is 0.0401. The zero-order valence-corrected chi connectivity index (χ0v) is 13.5. The van der Waals surface area contributed by atoms with Crippen molar-refractivity contribution in [3.8, 4) is 0 Å². The van der Waals surface area contributed by atoms with Crippen LogP contribution >= 0.6 is 0 Å². The maximum Gasteiger partial charge on any atom is 0.272 e. The molecule has 1 aliphatic heterocycles. The molecule has 0 atom stereocenters. The summed E-state index contributed by atoms with van der Waals surface area (Å²) in [4.78, 5) is 19.2. The van der Waals surface area contributed by atoms with Crippen LogP contribution in [0, 0.1) is 5.92 Å². The lowest BCUT2D eigenvalue weighted by Crippen LogP contribution is -2.39. The van der Waals surface area contributed by atoms with Crippen molar-refractivity contribution in [1.82, 2.24) is 19.7 Å². The molecule has 0 spiro atoms. The van der Waals surface area contributed by atoms with Crippen LogP contribution in [0.15, 0.2) is 54.9 Å². The van der Waals surface area contributed by atoms with Crippen molar-refractivity contribution in [2.24, 2.45) is 5.92 Å². The van der Waals surface area contributed by atoms with Crippen LogP contribution in [0.3, 0.4) is 0 Å². The van der Waals surface area contributed by atoms with E-state index in [1.54, 1.807) is 0 Å². The van der Waals surface area contributed by atoms with Crippen molar-refractivity contribution in [2.75, 3.05) is 13.1 Å². The number of benzene rings is 1. The van der Waals surface area contributed by atoms with Crippen LogP contribution in [0.25, 0.3) is 10.9 Å². The van der Waals surface area contributed by atoms with Crippen LogP contribution in [0.1, 0.15) is 23.3 Å². The topological polar surface area (TPSA) is 51.0 Å². The molecule has 1 saturated heterocycles. The van der Waals surface area contributed by atoms with Gasteiger partial charge in [0.05, 0.1) is 5.52 Å². The van der Waals surface area contributed by atoms with Crippen LogP contribution in [0.4, 0.5) is 0 Å². The predicted molar refractivity (Wildman–Crippen MR) is 92.6 cm³/mol. The molecular weight excluding hydrogens is 300 g/mol. The van der Waals surface area contributed by atoms with Gasteiger partial charge < -0.3 is 4.90 Å². The maximum atomic E-state index is 12.7. The highest BCUT2D eigenvalue weighted by Gasteiger charge is 2.24. The molecule has 24 heavy (non-hydrogen) atoms. The molecule has 2 aromatic heterocycles. The van der Waals surface area contributed by atoms with Crippen LogP contribution in [0.5, 0.6) is 0 Å². The quantitative estimate of drug-likeness (QED) is 0.745. The number of pyridine rings is 1. The summed E-state index contributed by atoms with van der Waals surface area (Å²) in [5.74, 6) is 0.622. The summed E-state index contributed by atoms with van der Waals surface area (Å²) >= 11 is 0. The summed E-state index contributed by atoms with van der Waals surface area (Å²) in [7, 11) is 0. The molecule has 0 aliphatic carbocycles. The van der Waals surface area contributed by atoms with Crippen LogP contribution in [-0.4, -0.2) is 38.7 Å². The van der Waals surface area contributed by atoms with E-state index in [1.165, 1.54) is 0 Å².